The SMILES string of the molecule is C=Cc1ccccc1C(=O)OC(C)Cc1ccccc1. The molecule has 0 spiro atoms. The molecule has 0 aliphatic rings. The van der Waals surface area contributed by atoms with Crippen molar-refractivity contribution in [1.29, 1.82) is 0 Å². The minimum Gasteiger partial charge on any atom is -0.459 e. The van der Waals surface area contributed by atoms with Crippen molar-refractivity contribution in [3.05, 3.63) is 77.9 Å². The Labute approximate surface area is 119 Å². The van der Waals surface area contributed by atoms with Crippen molar-refractivity contribution in [3.8, 4) is 0 Å². The number of ether oxygens (including phenoxy) is 1. The van der Waals surface area contributed by atoms with Crippen molar-refractivity contribution in [1.82, 2.24) is 0 Å². The normalized spacial score (nSPS) is 11.7. The molecule has 0 N–H and O–H groups in total. The highest BCUT2D eigenvalue weighted by atomic mass is 16.5. The van der Waals surface area contributed by atoms with Gasteiger partial charge in [0.1, 0.15) is 6.10 Å². The van der Waals surface area contributed by atoms with Crippen LogP contribution in [-0.4, -0.2) is 12.1 Å². The number of carbonyl (C=O) groups excluding carboxylic acids is 1. The summed E-state index contributed by atoms with van der Waals surface area (Å²) in [5.41, 5.74) is 2.51. The molecule has 0 aliphatic carbocycles. The van der Waals surface area contributed by atoms with Gasteiger partial charge in [-0.05, 0) is 24.1 Å². The maximum Gasteiger partial charge on any atom is 0.339 e. The van der Waals surface area contributed by atoms with Crippen molar-refractivity contribution in [2.45, 2.75) is 19.4 Å². The van der Waals surface area contributed by atoms with Crippen LogP contribution in [0.15, 0.2) is 61.2 Å². The van der Waals surface area contributed by atoms with Crippen molar-refractivity contribution in [3.63, 3.8) is 0 Å². The van der Waals surface area contributed by atoms with Crippen molar-refractivity contribution < 1.29 is 9.53 Å². The maximum absolute atomic E-state index is 12.2. The second-order valence-corrected chi connectivity index (χ2v) is 4.70. The van der Waals surface area contributed by atoms with Crippen LogP contribution in [0.2, 0.25) is 0 Å². The van der Waals surface area contributed by atoms with Gasteiger partial charge in [-0.2, -0.15) is 0 Å². The fourth-order valence-electron chi connectivity index (χ4n) is 2.09. The molecule has 102 valence electrons. The Kier molecular flexibility index (Phi) is 4.72. The van der Waals surface area contributed by atoms with Crippen molar-refractivity contribution in [2.24, 2.45) is 0 Å². The molecule has 0 fully saturated rings. The summed E-state index contributed by atoms with van der Waals surface area (Å²) >= 11 is 0. The van der Waals surface area contributed by atoms with Crippen LogP contribution in [0, 0.1) is 0 Å². The summed E-state index contributed by atoms with van der Waals surface area (Å²) in [6.07, 6.45) is 2.21. The lowest BCUT2D eigenvalue weighted by Crippen LogP contribution is -2.18. The average Bonchev–Trinajstić information content (AvgIpc) is 2.48. The zero-order valence-corrected chi connectivity index (χ0v) is 11.6. The number of rotatable bonds is 5. The molecule has 0 saturated carbocycles. The summed E-state index contributed by atoms with van der Waals surface area (Å²) in [6, 6.07) is 17.3. The predicted octanol–water partition coefficient (Wildman–Crippen LogP) is 4.12. The predicted molar refractivity (Wildman–Crippen MR) is 81.6 cm³/mol. The Morgan fingerprint density at radius 2 is 1.80 bits per heavy atom. The third kappa shape index (κ3) is 3.58. The Morgan fingerprint density at radius 3 is 2.50 bits per heavy atom. The van der Waals surface area contributed by atoms with E-state index in [1.165, 1.54) is 0 Å². The largest absolute Gasteiger partial charge is 0.459 e. The minimum atomic E-state index is -0.302. The third-order valence-electron chi connectivity index (χ3n) is 3.07. The highest BCUT2D eigenvalue weighted by Crippen LogP contribution is 2.14. The van der Waals surface area contributed by atoms with E-state index in [2.05, 4.69) is 6.58 Å². The molecule has 2 nitrogen and oxygen atoms in total. The van der Waals surface area contributed by atoms with Gasteiger partial charge in [0.05, 0.1) is 5.56 Å². The Balaban J connectivity index is 2.02. The van der Waals surface area contributed by atoms with Crippen LogP contribution < -0.4 is 0 Å². The van der Waals surface area contributed by atoms with Gasteiger partial charge in [-0.1, -0.05) is 61.2 Å². The Bertz CT molecular complexity index is 587. The second-order valence-electron chi connectivity index (χ2n) is 4.70. The molecule has 0 aliphatic heterocycles. The van der Waals surface area contributed by atoms with E-state index in [9.17, 15) is 4.79 Å². The van der Waals surface area contributed by atoms with Gasteiger partial charge in [0.25, 0.3) is 0 Å². The van der Waals surface area contributed by atoms with Gasteiger partial charge < -0.3 is 4.74 Å². The summed E-state index contributed by atoms with van der Waals surface area (Å²) in [6.45, 7) is 5.62. The summed E-state index contributed by atoms with van der Waals surface area (Å²) in [4.78, 5) is 12.2. The van der Waals surface area contributed by atoms with Gasteiger partial charge >= 0.3 is 5.97 Å². The average molecular weight is 266 g/mol. The van der Waals surface area contributed by atoms with Gasteiger partial charge in [-0.25, -0.2) is 4.79 Å². The highest BCUT2D eigenvalue weighted by Gasteiger charge is 2.14. The van der Waals surface area contributed by atoms with E-state index in [0.29, 0.717) is 12.0 Å². The quantitative estimate of drug-likeness (QED) is 0.761. The molecule has 0 amide bonds. The first kappa shape index (κ1) is 14.1. The molecule has 0 saturated heterocycles. The number of carbonyl (C=O) groups is 1. The Morgan fingerprint density at radius 1 is 1.15 bits per heavy atom. The monoisotopic (exact) mass is 266 g/mol. The van der Waals surface area contributed by atoms with E-state index in [1.54, 1.807) is 12.1 Å². The molecule has 0 heterocycles. The van der Waals surface area contributed by atoms with Gasteiger partial charge in [0.2, 0.25) is 0 Å². The first-order valence-corrected chi connectivity index (χ1v) is 6.67. The van der Waals surface area contributed by atoms with Crippen LogP contribution in [0.1, 0.15) is 28.4 Å². The standard InChI is InChI=1S/C18H18O2/c1-3-16-11-7-8-12-17(16)18(19)20-14(2)13-15-9-5-4-6-10-15/h3-12,14H,1,13H2,2H3. The molecular formula is C18H18O2. The molecule has 2 aromatic carbocycles. The van der Waals surface area contributed by atoms with Crippen LogP contribution in [0.4, 0.5) is 0 Å². The van der Waals surface area contributed by atoms with Gasteiger partial charge in [-0.15, -0.1) is 0 Å². The fourth-order valence-corrected chi connectivity index (χ4v) is 2.09. The molecule has 1 atom stereocenters. The minimum absolute atomic E-state index is 0.164. The number of benzene rings is 2. The molecule has 2 aromatic rings. The first-order valence-electron chi connectivity index (χ1n) is 6.67. The zero-order chi connectivity index (χ0) is 14.4. The Hall–Kier alpha value is -2.35. The molecule has 20 heavy (non-hydrogen) atoms. The smallest absolute Gasteiger partial charge is 0.339 e. The zero-order valence-electron chi connectivity index (χ0n) is 11.6. The van der Waals surface area contributed by atoms with Crippen LogP contribution in [0.3, 0.4) is 0 Å². The number of hydrogen-bond acceptors (Lipinski definition) is 2. The van der Waals surface area contributed by atoms with Crippen LogP contribution in [-0.2, 0) is 11.2 Å². The van der Waals surface area contributed by atoms with E-state index in [0.717, 1.165) is 11.1 Å². The molecular weight excluding hydrogens is 248 g/mol. The van der Waals surface area contributed by atoms with E-state index in [-0.39, 0.29) is 12.1 Å². The van der Waals surface area contributed by atoms with E-state index < -0.39 is 0 Å². The lowest BCUT2D eigenvalue weighted by Gasteiger charge is -2.14. The topological polar surface area (TPSA) is 26.3 Å². The fraction of sp³-hybridized carbons (Fsp3) is 0.167. The number of hydrogen-bond donors (Lipinski definition) is 0. The molecule has 1 unspecified atom stereocenters. The van der Waals surface area contributed by atoms with Crippen molar-refractivity contribution >= 4 is 12.0 Å². The van der Waals surface area contributed by atoms with E-state index >= 15 is 0 Å². The van der Waals surface area contributed by atoms with Gasteiger partial charge in [0, 0.05) is 6.42 Å². The molecule has 2 heteroatoms. The van der Waals surface area contributed by atoms with Gasteiger partial charge in [-0.3, -0.25) is 0 Å². The molecule has 0 bridgehead atoms. The maximum atomic E-state index is 12.2. The van der Waals surface area contributed by atoms with Gasteiger partial charge in [0.15, 0.2) is 0 Å². The van der Waals surface area contributed by atoms with Crippen LogP contribution in [0.25, 0.3) is 6.08 Å². The first-order chi connectivity index (χ1) is 9.70. The lowest BCUT2D eigenvalue weighted by atomic mass is 10.1. The summed E-state index contributed by atoms with van der Waals surface area (Å²) in [7, 11) is 0. The lowest BCUT2D eigenvalue weighted by molar-refractivity contribution is 0.0343. The highest BCUT2D eigenvalue weighted by molar-refractivity contribution is 5.93. The molecule has 0 radical (unpaired) electrons. The van der Waals surface area contributed by atoms with Crippen molar-refractivity contribution in [2.75, 3.05) is 0 Å². The van der Waals surface area contributed by atoms with Crippen LogP contribution >= 0.6 is 0 Å². The van der Waals surface area contributed by atoms with Crippen LogP contribution in [0.5, 0.6) is 0 Å². The third-order valence-corrected chi connectivity index (χ3v) is 3.07. The second kappa shape index (κ2) is 6.71. The number of esters is 1. The van der Waals surface area contributed by atoms with E-state index in [4.69, 9.17) is 4.74 Å². The summed E-state index contributed by atoms with van der Waals surface area (Å²) in [5, 5.41) is 0. The molecule has 2 rings (SSSR count). The summed E-state index contributed by atoms with van der Waals surface area (Å²) < 4.78 is 5.50. The molecule has 0 aromatic heterocycles. The van der Waals surface area contributed by atoms with E-state index in [1.807, 2.05) is 55.5 Å². The summed E-state index contributed by atoms with van der Waals surface area (Å²) in [5.74, 6) is -0.302.